The highest BCUT2D eigenvalue weighted by molar-refractivity contribution is 7.15. The Kier molecular flexibility index (Phi) is 4.45. The Bertz CT molecular complexity index is 569. The summed E-state index contributed by atoms with van der Waals surface area (Å²) in [6, 6.07) is 8.38. The standard InChI is InChI=1S/C16H23N3S/c1-12-8-6-7-9-14(12)19(5)15-17-10-13(20-15)11-18-16(2,3)4/h6-10,18H,11H2,1-5H3. The molecule has 0 unspecified atom stereocenters. The lowest BCUT2D eigenvalue weighted by molar-refractivity contribution is 0.426. The Morgan fingerprint density at radius 2 is 1.95 bits per heavy atom. The van der Waals surface area contributed by atoms with Crippen LogP contribution in [-0.4, -0.2) is 17.6 Å². The molecule has 0 spiro atoms. The van der Waals surface area contributed by atoms with Crippen molar-refractivity contribution in [1.29, 1.82) is 0 Å². The van der Waals surface area contributed by atoms with Crippen molar-refractivity contribution in [3.63, 3.8) is 0 Å². The lowest BCUT2D eigenvalue weighted by Gasteiger charge is -2.20. The van der Waals surface area contributed by atoms with Gasteiger partial charge in [-0.15, -0.1) is 11.3 Å². The Morgan fingerprint density at radius 3 is 2.60 bits per heavy atom. The summed E-state index contributed by atoms with van der Waals surface area (Å²) in [7, 11) is 2.07. The minimum atomic E-state index is 0.131. The number of thiazole rings is 1. The minimum absolute atomic E-state index is 0.131. The van der Waals surface area contributed by atoms with Crippen molar-refractivity contribution in [3.8, 4) is 0 Å². The van der Waals surface area contributed by atoms with Gasteiger partial charge in [0, 0.05) is 35.9 Å². The largest absolute Gasteiger partial charge is 0.321 e. The molecule has 0 atom stereocenters. The second kappa shape index (κ2) is 5.94. The molecule has 4 heteroatoms. The highest BCUT2D eigenvalue weighted by atomic mass is 32.1. The van der Waals surface area contributed by atoms with Gasteiger partial charge in [0.15, 0.2) is 5.13 Å². The van der Waals surface area contributed by atoms with E-state index < -0.39 is 0 Å². The SMILES string of the molecule is Cc1ccccc1N(C)c1ncc(CNC(C)(C)C)s1. The second-order valence-corrected chi connectivity index (χ2v) is 7.15. The van der Waals surface area contributed by atoms with Gasteiger partial charge in [0.1, 0.15) is 0 Å². The van der Waals surface area contributed by atoms with Crippen LogP contribution in [0.4, 0.5) is 10.8 Å². The van der Waals surface area contributed by atoms with E-state index in [-0.39, 0.29) is 5.54 Å². The zero-order valence-corrected chi connectivity index (χ0v) is 13.7. The first-order valence-corrected chi connectivity index (χ1v) is 7.67. The molecule has 0 saturated heterocycles. The fourth-order valence-electron chi connectivity index (χ4n) is 1.93. The van der Waals surface area contributed by atoms with Gasteiger partial charge in [-0.2, -0.15) is 0 Å². The van der Waals surface area contributed by atoms with Crippen LogP contribution in [0.15, 0.2) is 30.5 Å². The predicted molar refractivity (Wildman–Crippen MR) is 87.9 cm³/mol. The fraction of sp³-hybridized carbons (Fsp3) is 0.438. The van der Waals surface area contributed by atoms with E-state index in [1.807, 2.05) is 6.20 Å². The van der Waals surface area contributed by atoms with Gasteiger partial charge in [0.2, 0.25) is 0 Å². The molecule has 0 fully saturated rings. The first-order chi connectivity index (χ1) is 9.37. The van der Waals surface area contributed by atoms with E-state index in [0.717, 1.165) is 11.7 Å². The maximum atomic E-state index is 4.54. The molecule has 2 rings (SSSR count). The van der Waals surface area contributed by atoms with E-state index in [1.54, 1.807) is 11.3 Å². The summed E-state index contributed by atoms with van der Waals surface area (Å²) in [6.07, 6.45) is 1.97. The van der Waals surface area contributed by atoms with Crippen molar-refractivity contribution in [2.75, 3.05) is 11.9 Å². The topological polar surface area (TPSA) is 28.2 Å². The molecule has 0 aliphatic heterocycles. The molecule has 108 valence electrons. The summed E-state index contributed by atoms with van der Waals surface area (Å²) >= 11 is 1.74. The Labute approximate surface area is 125 Å². The van der Waals surface area contributed by atoms with Crippen LogP contribution in [0, 0.1) is 6.92 Å². The van der Waals surface area contributed by atoms with E-state index in [1.165, 1.54) is 16.1 Å². The highest BCUT2D eigenvalue weighted by Gasteiger charge is 2.13. The van der Waals surface area contributed by atoms with Gasteiger partial charge in [0.05, 0.1) is 0 Å². The smallest absolute Gasteiger partial charge is 0.189 e. The van der Waals surface area contributed by atoms with Gasteiger partial charge in [-0.3, -0.25) is 0 Å². The second-order valence-electron chi connectivity index (χ2n) is 6.06. The van der Waals surface area contributed by atoms with Crippen LogP contribution in [0.1, 0.15) is 31.2 Å². The molecule has 3 nitrogen and oxygen atoms in total. The third kappa shape index (κ3) is 3.81. The van der Waals surface area contributed by atoms with Crippen LogP contribution in [0.5, 0.6) is 0 Å². The van der Waals surface area contributed by atoms with Crippen LogP contribution in [0.25, 0.3) is 0 Å². The number of hydrogen-bond acceptors (Lipinski definition) is 4. The molecule has 20 heavy (non-hydrogen) atoms. The molecular formula is C16H23N3S. The van der Waals surface area contributed by atoms with Crippen molar-refractivity contribution in [2.24, 2.45) is 0 Å². The first-order valence-electron chi connectivity index (χ1n) is 6.86. The molecule has 1 heterocycles. The van der Waals surface area contributed by atoms with Crippen molar-refractivity contribution < 1.29 is 0 Å². The lowest BCUT2D eigenvalue weighted by atomic mass is 10.1. The zero-order valence-electron chi connectivity index (χ0n) is 12.9. The van der Waals surface area contributed by atoms with E-state index in [2.05, 4.69) is 74.2 Å². The number of rotatable bonds is 4. The number of nitrogens with zero attached hydrogens (tertiary/aromatic N) is 2. The molecule has 0 saturated carbocycles. The van der Waals surface area contributed by atoms with Gasteiger partial charge < -0.3 is 10.2 Å². The Morgan fingerprint density at radius 1 is 1.25 bits per heavy atom. The molecule has 0 aliphatic carbocycles. The third-order valence-electron chi connectivity index (χ3n) is 3.10. The van der Waals surface area contributed by atoms with Gasteiger partial charge in [0.25, 0.3) is 0 Å². The van der Waals surface area contributed by atoms with Crippen LogP contribution in [0.2, 0.25) is 0 Å². The Balaban J connectivity index is 2.11. The van der Waals surface area contributed by atoms with Gasteiger partial charge in [-0.1, -0.05) is 18.2 Å². The molecule has 0 bridgehead atoms. The van der Waals surface area contributed by atoms with Crippen LogP contribution in [0.3, 0.4) is 0 Å². The van der Waals surface area contributed by atoms with Crippen molar-refractivity contribution in [2.45, 2.75) is 39.8 Å². The van der Waals surface area contributed by atoms with E-state index in [0.29, 0.717) is 0 Å². The molecule has 0 amide bonds. The number of anilines is 2. The number of para-hydroxylation sites is 1. The molecule has 0 radical (unpaired) electrons. The molecule has 2 aromatic rings. The van der Waals surface area contributed by atoms with Crippen LogP contribution < -0.4 is 10.2 Å². The Hall–Kier alpha value is -1.39. The summed E-state index contributed by atoms with van der Waals surface area (Å²) in [4.78, 5) is 7.95. The highest BCUT2D eigenvalue weighted by Crippen LogP contribution is 2.30. The monoisotopic (exact) mass is 289 g/mol. The molecule has 1 aromatic heterocycles. The van der Waals surface area contributed by atoms with Gasteiger partial charge >= 0.3 is 0 Å². The lowest BCUT2D eigenvalue weighted by Crippen LogP contribution is -2.34. The van der Waals surface area contributed by atoms with Gasteiger partial charge in [-0.05, 0) is 39.3 Å². The molecule has 0 aliphatic rings. The van der Waals surface area contributed by atoms with Crippen molar-refractivity contribution in [1.82, 2.24) is 10.3 Å². The number of aromatic nitrogens is 1. The van der Waals surface area contributed by atoms with Crippen molar-refractivity contribution in [3.05, 3.63) is 40.9 Å². The maximum Gasteiger partial charge on any atom is 0.189 e. The van der Waals surface area contributed by atoms with E-state index in [9.17, 15) is 0 Å². The summed E-state index contributed by atoms with van der Waals surface area (Å²) in [6.45, 7) is 9.52. The summed E-state index contributed by atoms with van der Waals surface area (Å²) in [5.74, 6) is 0. The predicted octanol–water partition coefficient (Wildman–Crippen LogP) is 4.11. The average Bonchev–Trinajstić information content (AvgIpc) is 2.84. The number of benzene rings is 1. The number of nitrogens with one attached hydrogen (secondary N) is 1. The fourth-order valence-corrected chi connectivity index (χ4v) is 2.75. The van der Waals surface area contributed by atoms with Crippen LogP contribution >= 0.6 is 11.3 Å². The minimum Gasteiger partial charge on any atom is -0.321 e. The molecule has 1 N–H and O–H groups in total. The third-order valence-corrected chi connectivity index (χ3v) is 4.17. The first kappa shape index (κ1) is 15.0. The number of hydrogen-bond donors (Lipinski definition) is 1. The summed E-state index contributed by atoms with van der Waals surface area (Å²) < 4.78 is 0. The van der Waals surface area contributed by atoms with Gasteiger partial charge in [-0.25, -0.2) is 4.98 Å². The van der Waals surface area contributed by atoms with Crippen molar-refractivity contribution >= 4 is 22.2 Å². The average molecular weight is 289 g/mol. The van der Waals surface area contributed by atoms with E-state index >= 15 is 0 Å². The normalized spacial score (nSPS) is 11.7. The molecule has 1 aromatic carbocycles. The molecular weight excluding hydrogens is 266 g/mol. The zero-order chi connectivity index (χ0) is 14.8. The van der Waals surface area contributed by atoms with Crippen LogP contribution in [-0.2, 0) is 6.54 Å². The summed E-state index contributed by atoms with van der Waals surface area (Å²) in [5.41, 5.74) is 2.60. The summed E-state index contributed by atoms with van der Waals surface area (Å²) in [5, 5.41) is 4.53. The number of aryl methyl sites for hydroxylation is 1. The van der Waals surface area contributed by atoms with E-state index in [4.69, 9.17) is 0 Å². The maximum absolute atomic E-state index is 4.54. The quantitative estimate of drug-likeness (QED) is 0.918.